The van der Waals surface area contributed by atoms with Crippen molar-refractivity contribution in [1.29, 1.82) is 0 Å². The van der Waals surface area contributed by atoms with Crippen LogP contribution >= 0.6 is 11.3 Å². The lowest BCUT2D eigenvalue weighted by Crippen LogP contribution is -2.38. The predicted molar refractivity (Wildman–Crippen MR) is 135 cm³/mol. The highest BCUT2D eigenvalue weighted by molar-refractivity contribution is 7.09. The third-order valence-corrected chi connectivity index (χ3v) is 6.47. The molecule has 4 rings (SSSR count). The van der Waals surface area contributed by atoms with Crippen LogP contribution in [-0.4, -0.2) is 49.6 Å². The summed E-state index contributed by atoms with van der Waals surface area (Å²) in [6.07, 6.45) is 2.22. The van der Waals surface area contributed by atoms with Gasteiger partial charge < -0.3 is 20.1 Å². The average molecular weight is 480 g/mol. The third kappa shape index (κ3) is 6.66. The van der Waals surface area contributed by atoms with E-state index in [0.717, 1.165) is 19.4 Å². The van der Waals surface area contributed by atoms with Crippen molar-refractivity contribution >= 4 is 34.5 Å². The van der Waals surface area contributed by atoms with Crippen LogP contribution in [0.5, 0.6) is 5.75 Å². The zero-order valence-corrected chi connectivity index (χ0v) is 20.0. The molecule has 178 valence electrons. The molecule has 1 aromatic heterocycles. The number of hydrogen-bond donors (Lipinski definition) is 2. The number of methoxy groups -OCH3 is 1. The first-order valence-electron chi connectivity index (χ1n) is 11.3. The largest absolute Gasteiger partial charge is 0.497 e. The van der Waals surface area contributed by atoms with E-state index in [1.807, 2.05) is 11.4 Å². The zero-order valence-electron chi connectivity index (χ0n) is 19.2. The Morgan fingerprint density at radius 2 is 1.91 bits per heavy atom. The second-order valence-electron chi connectivity index (χ2n) is 8.16. The van der Waals surface area contributed by atoms with E-state index in [4.69, 9.17) is 9.47 Å². The zero-order chi connectivity index (χ0) is 23.8. The number of ether oxygens (including phenoxy) is 2. The fourth-order valence-corrected chi connectivity index (χ4v) is 4.69. The minimum absolute atomic E-state index is 0.148. The molecular weight excluding hydrogens is 450 g/mol. The molecular formula is C26H29N3O4S. The van der Waals surface area contributed by atoms with Gasteiger partial charge in [0, 0.05) is 30.3 Å². The Morgan fingerprint density at radius 1 is 1.09 bits per heavy atom. The summed E-state index contributed by atoms with van der Waals surface area (Å²) >= 11 is 1.67. The van der Waals surface area contributed by atoms with E-state index in [1.54, 1.807) is 67.0 Å². The van der Waals surface area contributed by atoms with Gasteiger partial charge in [-0.3, -0.25) is 14.5 Å². The van der Waals surface area contributed by atoms with Crippen molar-refractivity contribution in [2.45, 2.75) is 25.5 Å². The molecule has 1 aliphatic rings. The van der Waals surface area contributed by atoms with Gasteiger partial charge in [0.15, 0.2) is 0 Å². The Balaban J connectivity index is 1.41. The number of para-hydroxylation sites is 1. The molecule has 1 saturated heterocycles. The lowest BCUT2D eigenvalue weighted by molar-refractivity contribution is -0.117. The maximum absolute atomic E-state index is 13.0. The number of benzene rings is 2. The number of amides is 2. The van der Waals surface area contributed by atoms with Gasteiger partial charge in [-0.05, 0) is 60.7 Å². The summed E-state index contributed by atoms with van der Waals surface area (Å²) in [6, 6.07) is 18.2. The molecule has 0 aliphatic carbocycles. The van der Waals surface area contributed by atoms with Crippen molar-refractivity contribution in [2.24, 2.45) is 0 Å². The molecule has 3 aromatic rings. The van der Waals surface area contributed by atoms with Crippen LogP contribution in [-0.2, 0) is 16.1 Å². The van der Waals surface area contributed by atoms with Crippen molar-refractivity contribution < 1.29 is 19.1 Å². The van der Waals surface area contributed by atoms with Gasteiger partial charge in [0.1, 0.15) is 5.75 Å². The van der Waals surface area contributed by atoms with Crippen LogP contribution in [0.15, 0.2) is 66.0 Å². The van der Waals surface area contributed by atoms with E-state index in [9.17, 15) is 9.59 Å². The van der Waals surface area contributed by atoms with Gasteiger partial charge in [0.25, 0.3) is 5.91 Å². The number of carbonyl (C=O) groups excluding carboxylic acids is 2. The topological polar surface area (TPSA) is 79.9 Å². The summed E-state index contributed by atoms with van der Waals surface area (Å²) in [7, 11) is 1.59. The molecule has 0 saturated carbocycles. The van der Waals surface area contributed by atoms with Crippen LogP contribution in [0.3, 0.4) is 0 Å². The molecule has 2 amide bonds. The van der Waals surface area contributed by atoms with Gasteiger partial charge >= 0.3 is 0 Å². The number of carbonyl (C=O) groups is 2. The molecule has 2 heterocycles. The minimum Gasteiger partial charge on any atom is -0.497 e. The smallest absolute Gasteiger partial charge is 0.257 e. The van der Waals surface area contributed by atoms with E-state index in [2.05, 4.69) is 21.6 Å². The van der Waals surface area contributed by atoms with Gasteiger partial charge in [-0.1, -0.05) is 18.2 Å². The van der Waals surface area contributed by atoms with Crippen LogP contribution in [0.1, 0.15) is 28.1 Å². The monoisotopic (exact) mass is 479 g/mol. The summed E-state index contributed by atoms with van der Waals surface area (Å²) in [6.45, 7) is 2.38. The summed E-state index contributed by atoms with van der Waals surface area (Å²) in [5.41, 5.74) is 1.52. The highest BCUT2D eigenvalue weighted by Crippen LogP contribution is 2.21. The summed E-state index contributed by atoms with van der Waals surface area (Å²) < 4.78 is 10.9. The van der Waals surface area contributed by atoms with Crippen molar-refractivity contribution in [1.82, 2.24) is 4.90 Å². The molecule has 2 N–H and O–H groups in total. The SMILES string of the molecule is COc1ccc(NC(=O)c2ccccc2NC(=O)CN(Cc2cccs2)C[C@H]2CCCO2)cc1. The molecule has 1 atom stereocenters. The Labute approximate surface area is 203 Å². The van der Waals surface area contributed by atoms with Crippen LogP contribution in [0, 0.1) is 0 Å². The standard InChI is InChI=1S/C26H29N3O4S/c1-32-20-12-10-19(11-13-20)27-26(31)23-8-2-3-9-24(23)28-25(30)18-29(16-21-6-4-14-33-21)17-22-7-5-15-34-22/h2-3,5,7-13,15,21H,4,6,14,16-18H2,1H3,(H,27,31)(H,28,30)/t21-/m1/s1. The predicted octanol–water partition coefficient (Wildman–Crippen LogP) is 4.63. The van der Waals surface area contributed by atoms with Gasteiger partial charge in [-0.25, -0.2) is 0 Å². The number of rotatable bonds is 10. The normalized spacial score (nSPS) is 15.3. The van der Waals surface area contributed by atoms with E-state index >= 15 is 0 Å². The molecule has 2 aromatic carbocycles. The first-order chi connectivity index (χ1) is 16.6. The highest BCUT2D eigenvalue weighted by Gasteiger charge is 2.22. The van der Waals surface area contributed by atoms with Crippen LogP contribution in [0.4, 0.5) is 11.4 Å². The maximum Gasteiger partial charge on any atom is 0.257 e. The number of anilines is 2. The van der Waals surface area contributed by atoms with Gasteiger partial charge in [0.2, 0.25) is 5.91 Å². The Kier molecular flexibility index (Phi) is 8.30. The molecule has 7 nitrogen and oxygen atoms in total. The Morgan fingerprint density at radius 3 is 2.62 bits per heavy atom. The maximum atomic E-state index is 13.0. The number of nitrogens with one attached hydrogen (secondary N) is 2. The summed E-state index contributed by atoms with van der Waals surface area (Å²) in [4.78, 5) is 29.2. The first-order valence-corrected chi connectivity index (χ1v) is 12.2. The lowest BCUT2D eigenvalue weighted by Gasteiger charge is -2.24. The molecule has 0 spiro atoms. The van der Waals surface area contributed by atoms with Crippen molar-refractivity contribution in [3.05, 3.63) is 76.5 Å². The van der Waals surface area contributed by atoms with Crippen molar-refractivity contribution in [2.75, 3.05) is 37.4 Å². The van der Waals surface area contributed by atoms with Crippen molar-refractivity contribution in [3.63, 3.8) is 0 Å². The minimum atomic E-state index is -0.295. The second-order valence-corrected chi connectivity index (χ2v) is 9.19. The quantitative estimate of drug-likeness (QED) is 0.443. The van der Waals surface area contributed by atoms with Crippen LogP contribution in [0.2, 0.25) is 0 Å². The molecule has 0 unspecified atom stereocenters. The summed E-state index contributed by atoms with van der Waals surface area (Å²) in [5, 5.41) is 7.84. The van der Waals surface area contributed by atoms with Gasteiger partial charge in [-0.15, -0.1) is 11.3 Å². The molecule has 0 bridgehead atoms. The highest BCUT2D eigenvalue weighted by atomic mass is 32.1. The molecule has 1 aliphatic heterocycles. The second kappa shape index (κ2) is 11.8. The van der Waals surface area contributed by atoms with Gasteiger partial charge in [-0.2, -0.15) is 0 Å². The van der Waals surface area contributed by atoms with E-state index in [0.29, 0.717) is 35.8 Å². The fraction of sp³-hybridized carbons (Fsp3) is 0.308. The molecule has 0 radical (unpaired) electrons. The molecule has 8 heteroatoms. The van der Waals surface area contributed by atoms with E-state index in [1.165, 1.54) is 4.88 Å². The fourth-order valence-electron chi connectivity index (χ4n) is 3.94. The Hall–Kier alpha value is -3.20. The van der Waals surface area contributed by atoms with E-state index < -0.39 is 0 Å². The molecule has 1 fully saturated rings. The Bertz CT molecular complexity index is 1080. The number of hydrogen-bond acceptors (Lipinski definition) is 6. The third-order valence-electron chi connectivity index (χ3n) is 5.61. The first kappa shape index (κ1) is 23.9. The average Bonchev–Trinajstić information content (AvgIpc) is 3.54. The number of nitrogens with zero attached hydrogens (tertiary/aromatic N) is 1. The lowest BCUT2D eigenvalue weighted by atomic mass is 10.1. The van der Waals surface area contributed by atoms with Crippen LogP contribution < -0.4 is 15.4 Å². The van der Waals surface area contributed by atoms with Crippen LogP contribution in [0.25, 0.3) is 0 Å². The van der Waals surface area contributed by atoms with Gasteiger partial charge in [0.05, 0.1) is 31.0 Å². The number of thiophene rings is 1. The van der Waals surface area contributed by atoms with E-state index in [-0.39, 0.29) is 24.5 Å². The molecule has 34 heavy (non-hydrogen) atoms. The van der Waals surface area contributed by atoms with Crippen molar-refractivity contribution in [3.8, 4) is 5.75 Å². The summed E-state index contributed by atoms with van der Waals surface area (Å²) in [5.74, 6) is 0.246.